The molecule has 0 atom stereocenters. The normalized spacial score (nSPS) is 14.4. The summed E-state index contributed by atoms with van der Waals surface area (Å²) in [6.45, 7) is 0.328. The Labute approximate surface area is 162 Å². The van der Waals surface area contributed by atoms with Crippen LogP contribution in [0.15, 0.2) is 54.1 Å². The first-order valence-corrected chi connectivity index (χ1v) is 9.25. The van der Waals surface area contributed by atoms with E-state index in [4.69, 9.17) is 15.6 Å². The zero-order chi connectivity index (χ0) is 20.1. The van der Waals surface area contributed by atoms with E-state index in [1.807, 2.05) is 18.2 Å². The highest BCUT2D eigenvalue weighted by Gasteiger charge is 2.29. The number of nitrogens with two attached hydrogens (primary N) is 1. The van der Waals surface area contributed by atoms with E-state index < -0.39 is 17.6 Å². The molecule has 0 fully saturated rings. The Morgan fingerprint density at radius 3 is 2.57 bits per heavy atom. The summed E-state index contributed by atoms with van der Waals surface area (Å²) in [4.78, 5) is 10.7. The maximum Gasteiger partial charge on any atom is 0.327 e. The lowest BCUT2D eigenvalue weighted by Gasteiger charge is -2.17. The molecule has 6 heteroatoms. The second-order valence-corrected chi connectivity index (χ2v) is 6.93. The van der Waals surface area contributed by atoms with Crippen molar-refractivity contribution in [2.45, 2.75) is 38.2 Å². The maximum atomic E-state index is 13.8. The van der Waals surface area contributed by atoms with Gasteiger partial charge in [-0.05, 0) is 60.1 Å². The third-order valence-electron chi connectivity index (χ3n) is 4.92. The van der Waals surface area contributed by atoms with Crippen molar-refractivity contribution in [1.82, 2.24) is 0 Å². The monoisotopic (exact) mass is 387 g/mol. The first-order chi connectivity index (χ1) is 13.3. The number of rotatable bonds is 8. The number of ether oxygens (including phenoxy) is 1. The number of hydrogen-bond donors (Lipinski definition) is 2. The summed E-state index contributed by atoms with van der Waals surface area (Å²) in [6, 6.07) is 10.8. The zero-order valence-corrected chi connectivity index (χ0v) is 15.5. The fourth-order valence-corrected chi connectivity index (χ4v) is 3.54. The van der Waals surface area contributed by atoms with Crippen LogP contribution < -0.4 is 10.5 Å². The van der Waals surface area contributed by atoms with Crippen molar-refractivity contribution in [2.24, 2.45) is 5.73 Å². The Bertz CT molecular complexity index is 873. The van der Waals surface area contributed by atoms with Gasteiger partial charge in [0.2, 0.25) is 0 Å². The average molecular weight is 387 g/mol. The highest BCUT2D eigenvalue weighted by Crippen LogP contribution is 2.35. The highest BCUT2D eigenvalue weighted by atomic mass is 19.3. The Balaban J connectivity index is 1.78. The summed E-state index contributed by atoms with van der Waals surface area (Å²) in [7, 11) is 0. The predicted octanol–water partition coefficient (Wildman–Crippen LogP) is 4.73. The topological polar surface area (TPSA) is 72.5 Å². The van der Waals surface area contributed by atoms with E-state index >= 15 is 0 Å². The van der Waals surface area contributed by atoms with Crippen molar-refractivity contribution < 1.29 is 23.4 Å². The largest absolute Gasteiger partial charge is 0.489 e. The molecule has 2 aromatic rings. The lowest BCUT2D eigenvalue weighted by Crippen LogP contribution is -2.27. The molecule has 1 aliphatic carbocycles. The Kier molecular flexibility index (Phi) is 6.09. The lowest BCUT2D eigenvalue weighted by molar-refractivity contribution is -0.137. The van der Waals surface area contributed by atoms with E-state index in [-0.39, 0.29) is 18.4 Å². The summed E-state index contributed by atoms with van der Waals surface area (Å²) in [5.74, 6) is -0.751. The quantitative estimate of drug-likeness (QED) is 0.643. The van der Waals surface area contributed by atoms with Gasteiger partial charge in [-0.3, -0.25) is 10.5 Å². The van der Waals surface area contributed by atoms with Crippen molar-refractivity contribution in [2.75, 3.05) is 6.61 Å². The molecule has 0 heterocycles. The van der Waals surface area contributed by atoms with Crippen LogP contribution in [0.3, 0.4) is 0 Å². The highest BCUT2D eigenvalue weighted by molar-refractivity contribution is 5.70. The molecular formula is C22H23F2NO3. The number of aliphatic carboxylic acids is 1. The van der Waals surface area contributed by atoms with Crippen LogP contribution in [0.25, 0.3) is 5.57 Å². The molecule has 0 saturated carbocycles. The minimum absolute atomic E-state index is 0.0129. The standard InChI is InChI=1S/C22H23F2NO3/c23-22(24,25)20-13-18(11-9-16(20)10-12-21(26)27)28-14-17-7-4-8-19(17)15-5-2-1-3-6-15/h1-3,5-6,9,11,13H,4,7-8,10,12,14,25H2,(H,26,27). The zero-order valence-electron chi connectivity index (χ0n) is 15.5. The van der Waals surface area contributed by atoms with Crippen LogP contribution in [-0.2, 0) is 17.3 Å². The second-order valence-electron chi connectivity index (χ2n) is 6.93. The lowest BCUT2D eigenvalue weighted by atomic mass is 10.0. The Morgan fingerprint density at radius 1 is 1.14 bits per heavy atom. The van der Waals surface area contributed by atoms with Gasteiger partial charge in [0, 0.05) is 12.0 Å². The Hall–Kier alpha value is -2.73. The number of alkyl halides is 2. The van der Waals surface area contributed by atoms with Crippen LogP contribution in [0.2, 0.25) is 0 Å². The molecule has 3 N–H and O–H groups in total. The van der Waals surface area contributed by atoms with Gasteiger partial charge >= 0.3 is 12.0 Å². The summed E-state index contributed by atoms with van der Waals surface area (Å²) < 4.78 is 33.4. The molecule has 3 rings (SSSR count). The average Bonchev–Trinajstić information content (AvgIpc) is 3.13. The fourth-order valence-electron chi connectivity index (χ4n) is 3.54. The molecule has 28 heavy (non-hydrogen) atoms. The van der Waals surface area contributed by atoms with E-state index in [2.05, 4.69) is 12.1 Å². The number of carboxylic acid groups (broad SMARTS) is 1. The van der Waals surface area contributed by atoms with Crippen LogP contribution >= 0.6 is 0 Å². The van der Waals surface area contributed by atoms with Crippen molar-refractivity contribution >= 4 is 11.5 Å². The minimum Gasteiger partial charge on any atom is -0.489 e. The van der Waals surface area contributed by atoms with Gasteiger partial charge in [0.1, 0.15) is 12.4 Å². The molecule has 0 aliphatic heterocycles. The van der Waals surface area contributed by atoms with Gasteiger partial charge in [-0.15, -0.1) is 0 Å². The van der Waals surface area contributed by atoms with Crippen molar-refractivity contribution in [1.29, 1.82) is 0 Å². The molecule has 0 amide bonds. The fraction of sp³-hybridized carbons (Fsp3) is 0.318. The molecule has 0 aromatic heterocycles. The molecule has 148 valence electrons. The second kappa shape index (κ2) is 8.52. The molecule has 2 aromatic carbocycles. The van der Waals surface area contributed by atoms with Crippen LogP contribution in [0.1, 0.15) is 42.4 Å². The van der Waals surface area contributed by atoms with E-state index in [9.17, 15) is 13.6 Å². The van der Waals surface area contributed by atoms with Gasteiger partial charge in [0.05, 0.1) is 0 Å². The van der Waals surface area contributed by atoms with Gasteiger partial charge in [-0.25, -0.2) is 0 Å². The maximum absolute atomic E-state index is 13.8. The first-order valence-electron chi connectivity index (χ1n) is 9.25. The number of benzene rings is 2. The van der Waals surface area contributed by atoms with Crippen molar-refractivity contribution in [3.63, 3.8) is 0 Å². The summed E-state index contributed by atoms with van der Waals surface area (Å²) in [5.41, 5.74) is 8.41. The van der Waals surface area contributed by atoms with Gasteiger partial charge in [-0.2, -0.15) is 8.78 Å². The molecule has 0 spiro atoms. The van der Waals surface area contributed by atoms with Gasteiger partial charge in [-0.1, -0.05) is 36.4 Å². The molecule has 1 aliphatic rings. The third kappa shape index (κ3) is 4.95. The first kappa shape index (κ1) is 20.0. The molecule has 0 bridgehead atoms. The minimum atomic E-state index is -3.56. The summed E-state index contributed by atoms with van der Waals surface area (Å²) in [5, 5.41) is 8.80. The van der Waals surface area contributed by atoms with Crippen LogP contribution in [0.4, 0.5) is 8.78 Å². The smallest absolute Gasteiger partial charge is 0.327 e. The van der Waals surface area contributed by atoms with Crippen molar-refractivity contribution in [3.05, 3.63) is 70.8 Å². The number of carbonyl (C=O) groups is 1. The van der Waals surface area contributed by atoms with Gasteiger partial charge < -0.3 is 9.84 Å². The molecule has 0 radical (unpaired) electrons. The molecule has 4 nitrogen and oxygen atoms in total. The van der Waals surface area contributed by atoms with E-state index in [0.717, 1.165) is 24.8 Å². The van der Waals surface area contributed by atoms with E-state index in [1.165, 1.54) is 23.3 Å². The predicted molar refractivity (Wildman–Crippen MR) is 103 cm³/mol. The van der Waals surface area contributed by atoms with Crippen LogP contribution in [0.5, 0.6) is 5.75 Å². The third-order valence-corrected chi connectivity index (χ3v) is 4.92. The van der Waals surface area contributed by atoms with Crippen LogP contribution in [-0.4, -0.2) is 17.7 Å². The van der Waals surface area contributed by atoms with Crippen LogP contribution in [0, 0.1) is 0 Å². The molecular weight excluding hydrogens is 364 g/mol. The number of allylic oxidation sites excluding steroid dienone is 1. The molecule has 0 saturated heterocycles. The summed E-state index contributed by atoms with van der Waals surface area (Å²) in [6.07, 6.45) is 2.69. The summed E-state index contributed by atoms with van der Waals surface area (Å²) >= 11 is 0. The van der Waals surface area contributed by atoms with Gasteiger partial charge in [0.25, 0.3) is 0 Å². The molecule has 0 unspecified atom stereocenters. The van der Waals surface area contributed by atoms with E-state index in [1.54, 1.807) is 6.07 Å². The number of halogens is 2. The van der Waals surface area contributed by atoms with Gasteiger partial charge in [0.15, 0.2) is 0 Å². The van der Waals surface area contributed by atoms with Crippen molar-refractivity contribution in [3.8, 4) is 5.75 Å². The number of hydrogen-bond acceptors (Lipinski definition) is 3. The SMILES string of the molecule is NC(F)(F)c1cc(OCC2=C(c3ccccc3)CCC2)ccc1CCC(=O)O. The van der Waals surface area contributed by atoms with E-state index in [0.29, 0.717) is 12.4 Å². The number of carboxylic acids is 1. The Morgan fingerprint density at radius 2 is 1.89 bits per heavy atom. The number of aryl methyl sites for hydroxylation is 1.